The van der Waals surface area contributed by atoms with E-state index in [4.69, 9.17) is 9.47 Å². The van der Waals surface area contributed by atoms with Crippen molar-refractivity contribution in [3.05, 3.63) is 41.5 Å². The van der Waals surface area contributed by atoms with Crippen LogP contribution < -0.4 is 10.1 Å². The Hall–Kier alpha value is -1.32. The Morgan fingerprint density at radius 3 is 3.00 bits per heavy atom. The van der Waals surface area contributed by atoms with Gasteiger partial charge in [-0.15, -0.1) is 6.58 Å². The van der Waals surface area contributed by atoms with E-state index in [1.165, 1.54) is 29.5 Å². The number of aryl methyl sites for hydroxylation is 2. The van der Waals surface area contributed by atoms with Crippen LogP contribution in [0.5, 0.6) is 5.75 Å². The molecule has 0 radical (unpaired) electrons. The minimum absolute atomic E-state index is 0.391. The monoisotopic (exact) mass is 289 g/mol. The summed E-state index contributed by atoms with van der Waals surface area (Å²) < 4.78 is 11.6. The van der Waals surface area contributed by atoms with Gasteiger partial charge in [-0.25, -0.2) is 0 Å². The molecule has 1 saturated heterocycles. The summed E-state index contributed by atoms with van der Waals surface area (Å²) in [5, 5.41) is 3.41. The third kappa shape index (κ3) is 4.87. The lowest BCUT2D eigenvalue weighted by atomic mass is 10.0. The molecule has 3 nitrogen and oxygen atoms in total. The predicted octanol–water partition coefficient (Wildman–Crippen LogP) is 3.18. The Balaban J connectivity index is 1.80. The first-order valence-corrected chi connectivity index (χ1v) is 7.87. The molecule has 1 aliphatic heterocycles. The molecule has 0 spiro atoms. The Bertz CT molecular complexity index is 465. The Labute approximate surface area is 128 Å². The van der Waals surface area contributed by atoms with Crippen molar-refractivity contribution in [2.75, 3.05) is 26.3 Å². The van der Waals surface area contributed by atoms with Crippen molar-refractivity contribution < 1.29 is 9.47 Å². The molecule has 1 N–H and O–H groups in total. The van der Waals surface area contributed by atoms with E-state index in [1.54, 1.807) is 0 Å². The second kappa shape index (κ2) is 8.20. The van der Waals surface area contributed by atoms with Crippen LogP contribution in [0.15, 0.2) is 24.8 Å². The van der Waals surface area contributed by atoms with Crippen LogP contribution >= 0.6 is 0 Å². The number of rotatable bonds is 8. The molecule has 0 bridgehead atoms. The van der Waals surface area contributed by atoms with Crippen molar-refractivity contribution in [2.24, 2.45) is 0 Å². The van der Waals surface area contributed by atoms with E-state index >= 15 is 0 Å². The number of benzene rings is 1. The summed E-state index contributed by atoms with van der Waals surface area (Å²) in [5.74, 6) is 1.01. The van der Waals surface area contributed by atoms with Crippen LogP contribution in [-0.4, -0.2) is 32.4 Å². The molecule has 0 amide bonds. The van der Waals surface area contributed by atoms with Crippen molar-refractivity contribution >= 4 is 0 Å². The van der Waals surface area contributed by atoms with Gasteiger partial charge in [-0.2, -0.15) is 0 Å². The summed E-state index contributed by atoms with van der Waals surface area (Å²) in [7, 11) is 0. The van der Waals surface area contributed by atoms with Gasteiger partial charge in [0.2, 0.25) is 0 Å². The number of ether oxygens (including phenoxy) is 2. The van der Waals surface area contributed by atoms with Crippen molar-refractivity contribution in [1.29, 1.82) is 0 Å². The average Bonchev–Trinajstić information content (AvgIpc) is 2.94. The number of hydrogen-bond acceptors (Lipinski definition) is 3. The molecule has 1 fully saturated rings. The van der Waals surface area contributed by atoms with E-state index in [9.17, 15) is 0 Å². The lowest BCUT2D eigenvalue weighted by Crippen LogP contribution is -2.29. The van der Waals surface area contributed by atoms with Gasteiger partial charge in [0.05, 0.1) is 6.10 Å². The maximum atomic E-state index is 5.99. The number of allylic oxidation sites excluding steroid dienone is 1. The lowest BCUT2D eigenvalue weighted by molar-refractivity contribution is 0.109. The highest BCUT2D eigenvalue weighted by molar-refractivity contribution is 5.44. The smallest absolute Gasteiger partial charge is 0.125 e. The molecule has 3 heteroatoms. The van der Waals surface area contributed by atoms with Gasteiger partial charge in [0.15, 0.2) is 0 Å². The molecule has 1 heterocycles. The van der Waals surface area contributed by atoms with Gasteiger partial charge in [0.25, 0.3) is 0 Å². The summed E-state index contributed by atoms with van der Waals surface area (Å²) in [6, 6.07) is 4.35. The van der Waals surface area contributed by atoms with E-state index in [0.29, 0.717) is 12.7 Å². The Morgan fingerprint density at radius 1 is 1.43 bits per heavy atom. The molecular weight excluding hydrogens is 262 g/mol. The number of nitrogens with one attached hydrogen (secondary N) is 1. The molecule has 0 saturated carbocycles. The molecule has 0 aromatic heterocycles. The van der Waals surface area contributed by atoms with Crippen molar-refractivity contribution in [3.8, 4) is 5.75 Å². The summed E-state index contributed by atoms with van der Waals surface area (Å²) in [5.41, 5.74) is 3.70. The second-order valence-electron chi connectivity index (χ2n) is 5.75. The standard InChI is InChI=1S/C18H27NO2/c1-4-6-16-12-14(2)11-15(3)18(16)21-10-8-19-13-17-7-5-9-20-17/h4,11-12,17,19H,1,5-10,13H2,2-3H3. The van der Waals surface area contributed by atoms with Crippen LogP contribution in [0.4, 0.5) is 0 Å². The summed E-state index contributed by atoms with van der Waals surface area (Å²) in [4.78, 5) is 0. The lowest BCUT2D eigenvalue weighted by Gasteiger charge is -2.16. The fraction of sp³-hybridized carbons (Fsp3) is 0.556. The fourth-order valence-corrected chi connectivity index (χ4v) is 2.85. The van der Waals surface area contributed by atoms with Gasteiger partial charge in [0, 0.05) is 19.7 Å². The van der Waals surface area contributed by atoms with E-state index in [-0.39, 0.29) is 0 Å². The average molecular weight is 289 g/mol. The van der Waals surface area contributed by atoms with Crippen LogP contribution in [-0.2, 0) is 11.2 Å². The molecule has 0 aliphatic carbocycles. The van der Waals surface area contributed by atoms with Crippen LogP contribution in [0.3, 0.4) is 0 Å². The van der Waals surface area contributed by atoms with Crippen LogP contribution in [0.2, 0.25) is 0 Å². The van der Waals surface area contributed by atoms with Gasteiger partial charge in [-0.3, -0.25) is 0 Å². The quantitative estimate of drug-likeness (QED) is 0.589. The molecule has 1 unspecified atom stereocenters. The number of hydrogen-bond donors (Lipinski definition) is 1. The van der Waals surface area contributed by atoms with Gasteiger partial charge >= 0.3 is 0 Å². The van der Waals surface area contributed by atoms with Gasteiger partial charge in [0.1, 0.15) is 12.4 Å². The van der Waals surface area contributed by atoms with Crippen molar-refractivity contribution in [2.45, 2.75) is 39.2 Å². The van der Waals surface area contributed by atoms with E-state index in [2.05, 4.69) is 37.9 Å². The first-order chi connectivity index (χ1) is 10.2. The molecule has 1 aromatic rings. The minimum Gasteiger partial charge on any atom is -0.492 e. The van der Waals surface area contributed by atoms with Gasteiger partial charge in [-0.05, 0) is 44.2 Å². The molecule has 1 aromatic carbocycles. The third-order valence-corrected chi connectivity index (χ3v) is 3.78. The summed E-state index contributed by atoms with van der Waals surface area (Å²) in [6.07, 6.45) is 5.53. The zero-order chi connectivity index (χ0) is 15.1. The molecule has 2 rings (SSSR count). The van der Waals surface area contributed by atoms with Gasteiger partial charge < -0.3 is 14.8 Å². The second-order valence-corrected chi connectivity index (χ2v) is 5.75. The molecule has 116 valence electrons. The Kier molecular flexibility index (Phi) is 6.27. The third-order valence-electron chi connectivity index (χ3n) is 3.78. The maximum absolute atomic E-state index is 5.99. The maximum Gasteiger partial charge on any atom is 0.125 e. The summed E-state index contributed by atoms with van der Waals surface area (Å²) >= 11 is 0. The van der Waals surface area contributed by atoms with Crippen LogP contribution in [0.25, 0.3) is 0 Å². The molecular formula is C18H27NO2. The zero-order valence-corrected chi connectivity index (χ0v) is 13.3. The van der Waals surface area contributed by atoms with Crippen LogP contribution in [0.1, 0.15) is 29.5 Å². The highest BCUT2D eigenvalue weighted by Crippen LogP contribution is 2.26. The fourth-order valence-electron chi connectivity index (χ4n) is 2.85. The largest absolute Gasteiger partial charge is 0.492 e. The Morgan fingerprint density at radius 2 is 2.29 bits per heavy atom. The highest BCUT2D eigenvalue weighted by Gasteiger charge is 2.14. The molecule has 21 heavy (non-hydrogen) atoms. The first kappa shape index (κ1) is 16.1. The minimum atomic E-state index is 0.391. The van der Waals surface area contributed by atoms with Crippen molar-refractivity contribution in [1.82, 2.24) is 5.32 Å². The van der Waals surface area contributed by atoms with E-state index in [1.807, 2.05) is 6.08 Å². The van der Waals surface area contributed by atoms with E-state index < -0.39 is 0 Å². The predicted molar refractivity (Wildman–Crippen MR) is 87.2 cm³/mol. The topological polar surface area (TPSA) is 30.5 Å². The first-order valence-electron chi connectivity index (χ1n) is 7.87. The highest BCUT2D eigenvalue weighted by atomic mass is 16.5. The molecule has 1 aliphatic rings. The van der Waals surface area contributed by atoms with Gasteiger partial charge in [-0.1, -0.05) is 23.8 Å². The van der Waals surface area contributed by atoms with Crippen molar-refractivity contribution in [3.63, 3.8) is 0 Å². The zero-order valence-electron chi connectivity index (χ0n) is 13.3. The molecule has 1 atom stereocenters. The van der Waals surface area contributed by atoms with Crippen LogP contribution in [0, 0.1) is 13.8 Å². The summed E-state index contributed by atoms with van der Waals surface area (Å²) in [6.45, 7) is 11.4. The SMILES string of the molecule is C=CCc1cc(C)cc(C)c1OCCNCC1CCCO1. The normalized spacial score (nSPS) is 17.9. The van der Waals surface area contributed by atoms with E-state index in [0.717, 1.165) is 31.9 Å².